The van der Waals surface area contributed by atoms with Gasteiger partial charge in [-0.3, -0.25) is 4.79 Å². The maximum atomic E-state index is 13.7. The molecule has 0 atom stereocenters. The van der Waals surface area contributed by atoms with E-state index < -0.39 is 23.3 Å². The van der Waals surface area contributed by atoms with Gasteiger partial charge in [0.25, 0.3) is 5.91 Å². The lowest BCUT2D eigenvalue weighted by atomic mass is 10.2. The molecule has 1 amide bonds. The zero-order valence-electron chi connectivity index (χ0n) is 14.6. The summed E-state index contributed by atoms with van der Waals surface area (Å²) in [6.45, 7) is -0.148. The number of aromatic nitrogens is 2. The monoisotopic (exact) mass is 420 g/mol. The van der Waals surface area contributed by atoms with Crippen LogP contribution in [-0.2, 0) is 6.18 Å². The van der Waals surface area contributed by atoms with Crippen molar-refractivity contribution in [1.29, 1.82) is 5.26 Å². The Hall–Kier alpha value is -3.51. The van der Waals surface area contributed by atoms with Crippen molar-refractivity contribution in [2.45, 2.75) is 6.18 Å². The zero-order valence-corrected chi connectivity index (χ0v) is 15.3. The topological polar surface area (TPSA) is 79.9 Å². The molecule has 3 aromatic rings. The van der Waals surface area contributed by atoms with Gasteiger partial charge in [0.2, 0.25) is 0 Å². The number of nitrogens with one attached hydrogen (secondary N) is 1. The molecule has 0 saturated heterocycles. The number of nitriles is 1. The Kier molecular flexibility index (Phi) is 5.75. The van der Waals surface area contributed by atoms with Gasteiger partial charge < -0.3 is 10.1 Å². The molecule has 0 radical (unpaired) electrons. The van der Waals surface area contributed by atoms with E-state index in [2.05, 4.69) is 10.4 Å². The number of amides is 1. The Morgan fingerprint density at radius 1 is 1.17 bits per heavy atom. The molecular formula is C19H12ClF3N4O2. The Morgan fingerprint density at radius 2 is 1.83 bits per heavy atom. The van der Waals surface area contributed by atoms with E-state index in [1.807, 2.05) is 6.07 Å². The summed E-state index contributed by atoms with van der Waals surface area (Å²) in [4.78, 5) is 12.5. The molecule has 1 N–H and O–H groups in total. The largest absolute Gasteiger partial charge is 0.479 e. The molecule has 148 valence electrons. The number of rotatable bonds is 5. The molecule has 6 nitrogen and oxygen atoms in total. The highest BCUT2D eigenvalue weighted by molar-refractivity contribution is 6.30. The highest BCUT2D eigenvalue weighted by Crippen LogP contribution is 2.34. The third kappa shape index (κ3) is 4.67. The van der Waals surface area contributed by atoms with E-state index >= 15 is 0 Å². The number of carbonyl (C=O) groups is 1. The van der Waals surface area contributed by atoms with Crippen LogP contribution in [0.3, 0.4) is 0 Å². The fourth-order valence-electron chi connectivity index (χ4n) is 2.51. The number of hydrogen-bond donors (Lipinski definition) is 1. The van der Waals surface area contributed by atoms with Gasteiger partial charge in [0.05, 0.1) is 17.4 Å². The summed E-state index contributed by atoms with van der Waals surface area (Å²) < 4.78 is 46.7. The molecule has 0 aliphatic carbocycles. The van der Waals surface area contributed by atoms with Crippen LogP contribution in [0.4, 0.5) is 18.9 Å². The maximum Gasteiger partial charge on any atom is 0.434 e. The lowest BCUT2D eigenvalue weighted by Gasteiger charge is -2.13. The third-order valence-corrected chi connectivity index (χ3v) is 4.02. The van der Waals surface area contributed by atoms with E-state index in [0.29, 0.717) is 15.5 Å². The summed E-state index contributed by atoms with van der Waals surface area (Å²) in [7, 11) is 0. The summed E-state index contributed by atoms with van der Waals surface area (Å²) in [5.41, 5.74) is -1.46. The average Bonchev–Trinajstić information content (AvgIpc) is 3.14. The highest BCUT2D eigenvalue weighted by atomic mass is 35.5. The number of carbonyl (C=O) groups excluding carboxylic acids is 1. The standard InChI is InChI=1S/C19H12ClF3N4O2/c20-12-1-5-14(6-2-12)27-17(19(21,22)23)16(11-25-27)18(28)26-13-3-7-15(8-4-13)29-10-9-24/h1-8,11H,10H2,(H,26,28). The second-order valence-corrected chi connectivity index (χ2v) is 6.15. The molecule has 3 rings (SSSR count). The molecule has 0 bridgehead atoms. The summed E-state index contributed by atoms with van der Waals surface area (Å²) in [5.74, 6) is -0.584. The van der Waals surface area contributed by atoms with Crippen LogP contribution in [0.15, 0.2) is 54.7 Å². The summed E-state index contributed by atoms with van der Waals surface area (Å²) >= 11 is 5.77. The van der Waals surface area contributed by atoms with E-state index in [-0.39, 0.29) is 18.0 Å². The molecule has 1 aromatic heterocycles. The molecule has 29 heavy (non-hydrogen) atoms. The molecular weight excluding hydrogens is 409 g/mol. The van der Waals surface area contributed by atoms with Crippen molar-refractivity contribution in [2.24, 2.45) is 0 Å². The van der Waals surface area contributed by atoms with Crippen LogP contribution in [-0.4, -0.2) is 22.3 Å². The predicted molar refractivity (Wildman–Crippen MR) is 99.1 cm³/mol. The maximum absolute atomic E-state index is 13.7. The number of anilines is 1. The number of hydrogen-bond acceptors (Lipinski definition) is 4. The molecule has 0 unspecified atom stereocenters. The smallest absolute Gasteiger partial charge is 0.434 e. The van der Waals surface area contributed by atoms with Crippen molar-refractivity contribution in [3.05, 3.63) is 71.0 Å². The first-order valence-corrected chi connectivity index (χ1v) is 8.49. The van der Waals surface area contributed by atoms with Gasteiger partial charge in [-0.2, -0.15) is 23.5 Å². The first-order valence-electron chi connectivity index (χ1n) is 8.12. The molecule has 0 aliphatic heterocycles. The molecule has 0 fully saturated rings. The van der Waals surface area contributed by atoms with Gasteiger partial charge in [-0.05, 0) is 48.5 Å². The highest BCUT2D eigenvalue weighted by Gasteiger charge is 2.40. The van der Waals surface area contributed by atoms with E-state index in [1.54, 1.807) is 0 Å². The third-order valence-electron chi connectivity index (χ3n) is 3.77. The molecule has 0 spiro atoms. The van der Waals surface area contributed by atoms with E-state index in [9.17, 15) is 18.0 Å². The van der Waals surface area contributed by atoms with Gasteiger partial charge in [0.15, 0.2) is 12.3 Å². The van der Waals surface area contributed by atoms with Crippen LogP contribution in [0.5, 0.6) is 5.75 Å². The fourth-order valence-corrected chi connectivity index (χ4v) is 2.64. The number of ether oxygens (including phenoxy) is 1. The quantitative estimate of drug-likeness (QED) is 0.648. The number of benzene rings is 2. The van der Waals surface area contributed by atoms with E-state index in [0.717, 1.165) is 6.20 Å². The van der Waals surface area contributed by atoms with Crippen molar-refractivity contribution < 1.29 is 22.7 Å². The van der Waals surface area contributed by atoms with E-state index in [4.69, 9.17) is 21.6 Å². The Bertz CT molecular complexity index is 1060. The average molecular weight is 421 g/mol. The first-order chi connectivity index (χ1) is 13.8. The molecule has 10 heteroatoms. The van der Waals surface area contributed by atoms with Crippen LogP contribution >= 0.6 is 11.6 Å². The Labute approximate surface area is 168 Å². The van der Waals surface area contributed by atoms with Crippen molar-refractivity contribution >= 4 is 23.2 Å². The minimum atomic E-state index is -4.82. The van der Waals surface area contributed by atoms with Crippen LogP contribution in [0.25, 0.3) is 5.69 Å². The minimum absolute atomic E-state index is 0.111. The lowest BCUT2D eigenvalue weighted by molar-refractivity contribution is -0.143. The van der Waals surface area contributed by atoms with Gasteiger partial charge in [-0.15, -0.1) is 0 Å². The molecule has 1 heterocycles. The van der Waals surface area contributed by atoms with Crippen molar-refractivity contribution in [1.82, 2.24) is 9.78 Å². The Balaban J connectivity index is 1.89. The summed E-state index contributed by atoms with van der Waals surface area (Å²) in [5, 5.41) is 15.0. The number of alkyl halides is 3. The molecule has 0 aliphatic rings. The Morgan fingerprint density at radius 3 is 2.41 bits per heavy atom. The molecule has 0 saturated carbocycles. The SMILES string of the molecule is N#CCOc1ccc(NC(=O)c2cnn(-c3ccc(Cl)cc3)c2C(F)(F)F)cc1. The lowest BCUT2D eigenvalue weighted by Crippen LogP contribution is -2.20. The normalized spacial score (nSPS) is 11.0. The van der Waals surface area contributed by atoms with Gasteiger partial charge in [0.1, 0.15) is 11.8 Å². The fraction of sp³-hybridized carbons (Fsp3) is 0.105. The van der Waals surface area contributed by atoms with Gasteiger partial charge >= 0.3 is 6.18 Å². The predicted octanol–water partition coefficient (Wildman–Crippen LogP) is 4.70. The van der Waals surface area contributed by atoms with Crippen LogP contribution in [0.1, 0.15) is 16.1 Å². The van der Waals surface area contributed by atoms with Crippen LogP contribution in [0.2, 0.25) is 5.02 Å². The second-order valence-electron chi connectivity index (χ2n) is 5.72. The van der Waals surface area contributed by atoms with Crippen molar-refractivity contribution in [3.8, 4) is 17.5 Å². The summed E-state index contributed by atoms with van der Waals surface area (Å²) in [6.07, 6.45) is -3.96. The van der Waals surface area contributed by atoms with Crippen molar-refractivity contribution in [2.75, 3.05) is 11.9 Å². The summed E-state index contributed by atoms with van der Waals surface area (Å²) in [6, 6.07) is 13.2. The van der Waals surface area contributed by atoms with Crippen molar-refractivity contribution in [3.63, 3.8) is 0 Å². The van der Waals surface area contributed by atoms with Gasteiger partial charge in [0, 0.05) is 10.7 Å². The van der Waals surface area contributed by atoms with E-state index in [1.165, 1.54) is 48.5 Å². The van der Waals surface area contributed by atoms with Crippen LogP contribution < -0.4 is 10.1 Å². The second kappa shape index (κ2) is 8.24. The minimum Gasteiger partial charge on any atom is -0.479 e. The number of halogens is 4. The van der Waals surface area contributed by atoms with Gasteiger partial charge in [-0.1, -0.05) is 11.6 Å². The number of nitrogens with zero attached hydrogens (tertiary/aromatic N) is 3. The van der Waals surface area contributed by atoms with Gasteiger partial charge in [-0.25, -0.2) is 4.68 Å². The first kappa shape index (κ1) is 20.2. The zero-order chi connectivity index (χ0) is 21.0. The molecule has 2 aromatic carbocycles. The van der Waals surface area contributed by atoms with Crippen LogP contribution in [0, 0.1) is 11.3 Å².